The molecule has 0 fully saturated rings. The van der Waals surface area contributed by atoms with Crippen LogP contribution in [-0.4, -0.2) is 19.6 Å². The van der Waals surface area contributed by atoms with Crippen LogP contribution in [0.4, 0.5) is 0 Å². The highest BCUT2D eigenvalue weighted by atomic mass is 32.3. The van der Waals surface area contributed by atoms with E-state index < -0.39 is 10.4 Å². The highest BCUT2D eigenvalue weighted by Crippen LogP contribution is 2.18. The minimum atomic E-state index is -4.38. The first-order chi connectivity index (χ1) is 23.5. The maximum Gasteiger partial charge on any atom is 0.397 e. The fraction of sp³-hybridized carbons (Fsp3) is 0.953. The zero-order valence-corrected chi connectivity index (χ0v) is 33.5. The first-order valence-corrected chi connectivity index (χ1v) is 23.1. The second-order valence-electron chi connectivity index (χ2n) is 15.1. The van der Waals surface area contributed by atoms with E-state index in [9.17, 15) is 8.42 Å². The lowest BCUT2D eigenvalue weighted by Gasteiger charge is -2.12. The molecule has 0 aliphatic carbocycles. The monoisotopic (exact) mass is 699 g/mol. The van der Waals surface area contributed by atoms with Gasteiger partial charge in [-0.15, -0.1) is 0 Å². The van der Waals surface area contributed by atoms with E-state index in [1.54, 1.807) is 0 Å². The summed E-state index contributed by atoms with van der Waals surface area (Å²) < 4.78 is 36.1. The van der Waals surface area contributed by atoms with E-state index in [2.05, 4.69) is 26.0 Å². The summed E-state index contributed by atoms with van der Waals surface area (Å²) in [4.78, 5) is 0. The van der Waals surface area contributed by atoms with Crippen LogP contribution in [0.2, 0.25) is 0 Å². The molecule has 288 valence electrons. The Morgan fingerprint density at radius 2 is 0.708 bits per heavy atom. The van der Waals surface area contributed by atoms with Crippen molar-refractivity contribution in [2.45, 2.75) is 251 Å². The molecule has 0 aromatic rings. The fourth-order valence-corrected chi connectivity index (χ4v) is 7.34. The Morgan fingerprint density at radius 1 is 0.438 bits per heavy atom. The molecule has 1 atom stereocenters. The molecule has 4 nitrogen and oxygen atoms in total. The summed E-state index contributed by atoms with van der Waals surface area (Å²) in [6.07, 6.45) is 54.4. The van der Waals surface area contributed by atoms with Gasteiger partial charge in [-0.1, -0.05) is 244 Å². The van der Waals surface area contributed by atoms with Crippen molar-refractivity contribution in [3.63, 3.8) is 0 Å². The lowest BCUT2D eigenvalue weighted by molar-refractivity contribution is 0.234. The van der Waals surface area contributed by atoms with Gasteiger partial charge in [-0.25, -0.2) is 4.18 Å². The van der Waals surface area contributed by atoms with Crippen LogP contribution in [0.5, 0.6) is 0 Å². The van der Waals surface area contributed by atoms with E-state index in [0.717, 1.165) is 19.3 Å². The minimum absolute atomic E-state index is 0.0489. The number of hydrogen-bond acceptors (Lipinski definition) is 3. The Balaban J connectivity index is 3.68. The molecule has 0 spiro atoms. The molecule has 0 radical (unpaired) electrons. The predicted molar refractivity (Wildman–Crippen MR) is 212 cm³/mol. The summed E-state index contributed by atoms with van der Waals surface area (Å²) in [5.74, 6) is 0.0545. The van der Waals surface area contributed by atoms with Crippen LogP contribution in [0.25, 0.3) is 0 Å². The molecule has 0 aliphatic rings. The Kier molecular flexibility index (Phi) is 39.1. The van der Waals surface area contributed by atoms with Gasteiger partial charge in [0, 0.05) is 5.92 Å². The van der Waals surface area contributed by atoms with Crippen molar-refractivity contribution in [3.05, 3.63) is 12.2 Å². The Hall–Kier alpha value is -0.390. The molecule has 0 aromatic carbocycles. The topological polar surface area (TPSA) is 63.6 Å². The van der Waals surface area contributed by atoms with Crippen LogP contribution in [0.1, 0.15) is 251 Å². The maximum atomic E-state index is 11.1. The van der Waals surface area contributed by atoms with Gasteiger partial charge in [0.05, 0.1) is 6.61 Å². The molecule has 1 N–H and O–H groups in total. The summed E-state index contributed by atoms with van der Waals surface area (Å²) in [7, 11) is -4.38. The fourth-order valence-electron chi connectivity index (χ4n) is 6.99. The van der Waals surface area contributed by atoms with Crippen molar-refractivity contribution < 1.29 is 17.2 Å². The van der Waals surface area contributed by atoms with Crippen LogP contribution in [0.3, 0.4) is 0 Å². The first-order valence-electron chi connectivity index (χ1n) is 21.8. The standard InChI is InChI=1S/C43H86O4S/c1-3-5-7-9-11-13-15-17-19-21-22-23-25-27-29-31-33-35-37-39-41-43(42-47-48(44,45)46)40-38-36-34-32-30-28-26-24-20-18-16-14-12-10-8-6-4-2/h39,41,43H,3-38,40,42H2,1-2H3,(H,44,45,46)/b41-39+. The van der Waals surface area contributed by atoms with E-state index in [1.165, 1.54) is 218 Å². The van der Waals surface area contributed by atoms with Gasteiger partial charge < -0.3 is 0 Å². The molecule has 0 saturated carbocycles. The molecule has 0 amide bonds. The number of unbranched alkanes of at least 4 members (excludes halogenated alkanes) is 34. The minimum Gasteiger partial charge on any atom is -0.264 e. The van der Waals surface area contributed by atoms with Crippen LogP contribution >= 0.6 is 0 Å². The largest absolute Gasteiger partial charge is 0.397 e. The van der Waals surface area contributed by atoms with Gasteiger partial charge in [0.25, 0.3) is 0 Å². The molecule has 0 bridgehead atoms. The Bertz CT molecular complexity index is 735. The van der Waals surface area contributed by atoms with Crippen molar-refractivity contribution in [2.75, 3.05) is 6.61 Å². The van der Waals surface area contributed by atoms with E-state index in [4.69, 9.17) is 8.74 Å². The zero-order valence-electron chi connectivity index (χ0n) is 32.7. The SMILES string of the molecule is CCCCCCCCCCCCCCCCCCCC/C=C/C(CCCCCCCCCCCCCCCCCCC)COS(=O)(=O)O. The van der Waals surface area contributed by atoms with Crippen molar-refractivity contribution in [1.29, 1.82) is 0 Å². The molecule has 5 heteroatoms. The van der Waals surface area contributed by atoms with Gasteiger partial charge in [-0.2, -0.15) is 8.42 Å². The number of rotatable bonds is 41. The van der Waals surface area contributed by atoms with Crippen molar-refractivity contribution in [3.8, 4) is 0 Å². The molecular weight excluding hydrogens is 613 g/mol. The zero-order chi connectivity index (χ0) is 35.1. The molecule has 1 unspecified atom stereocenters. The van der Waals surface area contributed by atoms with Gasteiger partial charge in [0.2, 0.25) is 0 Å². The molecular formula is C43H86O4S. The molecule has 0 rings (SSSR count). The first kappa shape index (κ1) is 47.6. The van der Waals surface area contributed by atoms with E-state index in [1.807, 2.05) is 0 Å². The summed E-state index contributed by atoms with van der Waals surface area (Å²) in [6, 6.07) is 0. The highest BCUT2D eigenvalue weighted by molar-refractivity contribution is 7.80. The maximum absolute atomic E-state index is 11.1. The third-order valence-corrected chi connectivity index (χ3v) is 10.7. The van der Waals surface area contributed by atoms with E-state index >= 15 is 0 Å². The van der Waals surface area contributed by atoms with E-state index in [-0.39, 0.29) is 12.5 Å². The molecule has 48 heavy (non-hydrogen) atoms. The van der Waals surface area contributed by atoms with Crippen LogP contribution in [-0.2, 0) is 14.6 Å². The lowest BCUT2D eigenvalue weighted by Crippen LogP contribution is -2.12. The molecule has 0 aliphatic heterocycles. The van der Waals surface area contributed by atoms with Crippen LogP contribution in [0.15, 0.2) is 12.2 Å². The van der Waals surface area contributed by atoms with Gasteiger partial charge in [0.1, 0.15) is 0 Å². The quantitative estimate of drug-likeness (QED) is 0.0392. The van der Waals surface area contributed by atoms with Crippen LogP contribution in [0, 0.1) is 5.92 Å². The van der Waals surface area contributed by atoms with Crippen molar-refractivity contribution >= 4 is 10.4 Å². The number of allylic oxidation sites excluding steroid dienone is 1. The van der Waals surface area contributed by atoms with Gasteiger partial charge in [-0.05, 0) is 19.3 Å². The Morgan fingerprint density at radius 3 is 1.00 bits per heavy atom. The summed E-state index contributed by atoms with van der Waals surface area (Å²) in [5, 5.41) is 0. The van der Waals surface area contributed by atoms with Crippen molar-refractivity contribution in [2.24, 2.45) is 5.92 Å². The number of hydrogen-bond donors (Lipinski definition) is 1. The van der Waals surface area contributed by atoms with Gasteiger partial charge in [0.15, 0.2) is 0 Å². The molecule has 0 saturated heterocycles. The van der Waals surface area contributed by atoms with Crippen LogP contribution < -0.4 is 0 Å². The third kappa shape index (κ3) is 41.8. The summed E-state index contributed by atoms with van der Waals surface area (Å²) in [6.45, 7) is 4.62. The Labute approximate surface area is 302 Å². The van der Waals surface area contributed by atoms with Crippen molar-refractivity contribution in [1.82, 2.24) is 0 Å². The second-order valence-corrected chi connectivity index (χ2v) is 16.2. The molecule has 0 aromatic heterocycles. The average molecular weight is 699 g/mol. The highest BCUT2D eigenvalue weighted by Gasteiger charge is 2.11. The second kappa shape index (κ2) is 39.4. The smallest absolute Gasteiger partial charge is 0.264 e. The normalized spacial score (nSPS) is 12.8. The average Bonchev–Trinajstić information content (AvgIpc) is 3.06. The summed E-state index contributed by atoms with van der Waals surface area (Å²) >= 11 is 0. The van der Waals surface area contributed by atoms with Gasteiger partial charge >= 0.3 is 10.4 Å². The predicted octanol–water partition coefficient (Wildman–Crippen LogP) is 15.5. The third-order valence-electron chi connectivity index (χ3n) is 10.2. The lowest BCUT2D eigenvalue weighted by atomic mass is 9.99. The summed E-state index contributed by atoms with van der Waals surface area (Å²) in [5.41, 5.74) is 0. The van der Waals surface area contributed by atoms with Gasteiger partial charge in [-0.3, -0.25) is 4.55 Å². The van der Waals surface area contributed by atoms with E-state index in [0.29, 0.717) is 0 Å². The molecule has 0 heterocycles.